The predicted octanol–water partition coefficient (Wildman–Crippen LogP) is 17.1. The molecule has 2 atom stereocenters. The fourth-order valence-corrected chi connectivity index (χ4v) is 7.00. The third kappa shape index (κ3) is 61.3. The molecule has 0 aromatic rings. The first-order valence-corrected chi connectivity index (χ1v) is 30.2. The summed E-state index contributed by atoms with van der Waals surface area (Å²) in [6.45, 7) is 4.32. The number of unbranched alkanes of at least 4 members (excludes halogenated alkanes) is 4. The van der Waals surface area contributed by atoms with E-state index in [9.17, 15) is 19.5 Å². The van der Waals surface area contributed by atoms with Crippen molar-refractivity contribution >= 4 is 17.9 Å². The molecule has 0 saturated carbocycles. The van der Waals surface area contributed by atoms with Crippen LogP contribution in [0.4, 0.5) is 0 Å². The number of carbonyl (C=O) groups is 3. The number of rotatable bonds is 52. The molecule has 0 N–H and O–H groups in total. The van der Waals surface area contributed by atoms with Crippen molar-refractivity contribution in [1.29, 1.82) is 0 Å². The molecule has 9 heteroatoms. The van der Waals surface area contributed by atoms with E-state index in [0.717, 1.165) is 128 Å². The number of likely N-dealkylation sites (N-methyl/N-ethyl adjacent to an activating group) is 1. The zero-order chi connectivity index (χ0) is 59.1. The third-order valence-electron chi connectivity index (χ3n) is 11.6. The smallest absolute Gasteiger partial charge is 0.309 e. The Morgan fingerprint density at radius 1 is 0.383 bits per heavy atom. The SMILES string of the molecule is CC/C=C\C/C=C\C/C=C\C/C=C\C/C=C\C/C=C\C/C=C\C/C=C\C/C=C\C/C=C\C/C=C\C/C=C\CCCCCCC(=O)OC(COC(=O)C/C=C\C/C=C\C/C=C\C/C=C\C/C=C\CC)COC(OCC[N+](C)(C)C)C(=O)[O-]. The number of ether oxygens (including phenoxy) is 4. The Balaban J connectivity index is 4.32. The standard InChI is InChI=1S/C72H107NO8/c1-6-8-10-12-14-16-18-20-22-23-24-25-26-27-28-29-30-31-32-33-34-35-36-37-38-39-40-41-42-43-44-45-46-47-49-51-53-55-57-59-61-63-70(75)81-68(67-80-72(71(76)77)78-65-64-73(3,4)5)66-79-69(74)62-60-58-56-54-52-50-48-21-19-17-15-13-11-9-7-2/h8-11,14-17,20-22,24-25,27-28,30-31,33-34,36-37,39-40,42-43,45-46,48-49,51-52,54,58,60,68,72H,6-7,12-13,18-19,23,26,29,32,35,38,41,44,47,50,53,55-57,59,61-67H2,1-5H3/b10-8-,11-9-,16-14-,17-15-,22-20-,25-24-,28-27-,31-30-,34-33-,37-36-,40-39-,43-42-,46-45-,48-21-,51-49-,54-52-,60-58-. The van der Waals surface area contributed by atoms with E-state index in [1.54, 1.807) is 6.08 Å². The molecule has 0 heterocycles. The maximum absolute atomic E-state index is 12.8. The van der Waals surface area contributed by atoms with E-state index < -0.39 is 30.3 Å². The lowest BCUT2D eigenvalue weighted by molar-refractivity contribution is -0.870. The van der Waals surface area contributed by atoms with Crippen molar-refractivity contribution < 1.29 is 42.9 Å². The molecule has 448 valence electrons. The highest BCUT2D eigenvalue weighted by Gasteiger charge is 2.21. The molecule has 0 radical (unpaired) electrons. The van der Waals surface area contributed by atoms with Crippen LogP contribution in [0, 0.1) is 0 Å². The zero-order valence-corrected chi connectivity index (χ0v) is 50.8. The summed E-state index contributed by atoms with van der Waals surface area (Å²) in [4.78, 5) is 37.2. The first-order chi connectivity index (χ1) is 39.6. The Hall–Kier alpha value is -6.13. The highest BCUT2D eigenvalue weighted by Crippen LogP contribution is 2.11. The second-order valence-corrected chi connectivity index (χ2v) is 20.2. The van der Waals surface area contributed by atoms with E-state index in [1.807, 2.05) is 33.3 Å². The average Bonchev–Trinajstić information content (AvgIpc) is 3.44. The van der Waals surface area contributed by atoms with Crippen LogP contribution in [0.15, 0.2) is 207 Å². The molecule has 0 spiro atoms. The number of nitrogens with zero attached hydrogens (tertiary/aromatic N) is 1. The Kier molecular flexibility index (Phi) is 55.4. The van der Waals surface area contributed by atoms with Gasteiger partial charge in [0, 0.05) is 6.42 Å². The summed E-state index contributed by atoms with van der Waals surface area (Å²) in [5, 5.41) is 11.8. The number of carbonyl (C=O) groups excluding carboxylic acids is 3. The summed E-state index contributed by atoms with van der Waals surface area (Å²) in [6, 6.07) is 0. The molecule has 0 fully saturated rings. The average molecular weight is 1110 g/mol. The lowest BCUT2D eigenvalue weighted by atomic mass is 10.1. The van der Waals surface area contributed by atoms with Crippen molar-refractivity contribution in [3.63, 3.8) is 0 Å². The van der Waals surface area contributed by atoms with Gasteiger partial charge in [-0.05, 0) is 128 Å². The molecule has 2 unspecified atom stereocenters. The van der Waals surface area contributed by atoms with Gasteiger partial charge in [-0.1, -0.05) is 233 Å². The van der Waals surface area contributed by atoms with Crippen LogP contribution in [0.1, 0.15) is 168 Å². The molecule has 0 aromatic heterocycles. The third-order valence-corrected chi connectivity index (χ3v) is 11.6. The number of hydrogen-bond donors (Lipinski definition) is 0. The van der Waals surface area contributed by atoms with E-state index >= 15 is 0 Å². The van der Waals surface area contributed by atoms with Gasteiger partial charge in [0.15, 0.2) is 12.4 Å². The topological polar surface area (TPSA) is 111 Å². The Bertz CT molecular complexity index is 2070. The van der Waals surface area contributed by atoms with Gasteiger partial charge in [-0.15, -0.1) is 0 Å². The van der Waals surface area contributed by atoms with E-state index in [2.05, 4.69) is 202 Å². The number of allylic oxidation sites excluding steroid dienone is 33. The number of carboxylic acids is 1. The molecule has 0 aromatic carbocycles. The van der Waals surface area contributed by atoms with Gasteiger partial charge >= 0.3 is 11.9 Å². The maximum Gasteiger partial charge on any atom is 0.309 e. The summed E-state index contributed by atoms with van der Waals surface area (Å²) in [7, 11) is 5.86. The van der Waals surface area contributed by atoms with Crippen LogP contribution < -0.4 is 5.11 Å². The van der Waals surface area contributed by atoms with Crippen LogP contribution in [0.3, 0.4) is 0 Å². The molecular formula is C72H107NO8. The maximum atomic E-state index is 12.8. The zero-order valence-electron chi connectivity index (χ0n) is 50.8. The number of quaternary nitrogens is 1. The van der Waals surface area contributed by atoms with E-state index in [1.165, 1.54) is 0 Å². The van der Waals surface area contributed by atoms with Crippen LogP contribution in [0.5, 0.6) is 0 Å². The lowest BCUT2D eigenvalue weighted by Gasteiger charge is -2.26. The summed E-state index contributed by atoms with van der Waals surface area (Å²) in [5.41, 5.74) is 0. The number of esters is 2. The normalized spacial score (nSPS) is 14.2. The lowest BCUT2D eigenvalue weighted by Crippen LogP contribution is -2.44. The first-order valence-electron chi connectivity index (χ1n) is 30.2. The molecular weight excluding hydrogens is 1010 g/mol. The van der Waals surface area contributed by atoms with Crippen LogP contribution in [0.25, 0.3) is 0 Å². The fourth-order valence-electron chi connectivity index (χ4n) is 7.00. The van der Waals surface area contributed by atoms with Gasteiger partial charge in [-0.3, -0.25) is 9.59 Å². The van der Waals surface area contributed by atoms with E-state index in [0.29, 0.717) is 23.9 Å². The second kappa shape index (κ2) is 60.0. The van der Waals surface area contributed by atoms with Crippen molar-refractivity contribution in [2.24, 2.45) is 0 Å². The van der Waals surface area contributed by atoms with Crippen LogP contribution in [-0.2, 0) is 33.3 Å². The number of carboxylic acid groups (broad SMARTS) is 1. The van der Waals surface area contributed by atoms with Crippen LogP contribution >= 0.6 is 0 Å². The Labute approximate surface area is 493 Å². The molecule has 0 aliphatic heterocycles. The van der Waals surface area contributed by atoms with Crippen molar-refractivity contribution in [3.8, 4) is 0 Å². The molecule has 0 saturated heterocycles. The van der Waals surface area contributed by atoms with Crippen LogP contribution in [0.2, 0.25) is 0 Å². The first kappa shape index (κ1) is 74.9. The summed E-state index contributed by atoms with van der Waals surface area (Å²) in [5.74, 6) is -2.51. The predicted molar refractivity (Wildman–Crippen MR) is 342 cm³/mol. The molecule has 0 aliphatic carbocycles. The molecule has 0 bridgehead atoms. The Morgan fingerprint density at radius 2 is 0.704 bits per heavy atom. The van der Waals surface area contributed by atoms with Gasteiger partial charge in [0.25, 0.3) is 0 Å². The second-order valence-electron chi connectivity index (χ2n) is 20.2. The molecule has 9 nitrogen and oxygen atoms in total. The van der Waals surface area contributed by atoms with Gasteiger partial charge in [-0.2, -0.15) is 0 Å². The highest BCUT2D eigenvalue weighted by molar-refractivity contribution is 5.71. The highest BCUT2D eigenvalue weighted by atomic mass is 16.7. The summed E-state index contributed by atoms with van der Waals surface area (Å²) >= 11 is 0. The monoisotopic (exact) mass is 1110 g/mol. The summed E-state index contributed by atoms with van der Waals surface area (Å²) in [6.07, 6.45) is 92.1. The molecule has 81 heavy (non-hydrogen) atoms. The van der Waals surface area contributed by atoms with E-state index in [4.69, 9.17) is 18.9 Å². The van der Waals surface area contributed by atoms with E-state index in [-0.39, 0.29) is 32.7 Å². The van der Waals surface area contributed by atoms with Gasteiger partial charge < -0.3 is 33.3 Å². The van der Waals surface area contributed by atoms with Crippen LogP contribution in [-0.4, -0.2) is 82.3 Å². The fraction of sp³-hybridized carbons (Fsp3) is 0.486. The van der Waals surface area contributed by atoms with Gasteiger partial charge in [0.05, 0.1) is 46.7 Å². The Morgan fingerprint density at radius 3 is 1.04 bits per heavy atom. The minimum absolute atomic E-state index is 0.0414. The van der Waals surface area contributed by atoms with Crippen molar-refractivity contribution in [2.75, 3.05) is 47.5 Å². The minimum atomic E-state index is -1.66. The molecule has 0 rings (SSSR count). The largest absolute Gasteiger partial charge is 0.545 e. The molecule has 0 aliphatic rings. The quantitative estimate of drug-likeness (QED) is 0.0195. The van der Waals surface area contributed by atoms with Gasteiger partial charge in [0.1, 0.15) is 13.2 Å². The van der Waals surface area contributed by atoms with Crippen molar-refractivity contribution in [2.45, 2.75) is 180 Å². The minimum Gasteiger partial charge on any atom is -0.545 e. The van der Waals surface area contributed by atoms with Gasteiger partial charge in [-0.25, -0.2) is 0 Å². The van der Waals surface area contributed by atoms with Gasteiger partial charge in [0.2, 0.25) is 0 Å². The summed E-state index contributed by atoms with van der Waals surface area (Å²) < 4.78 is 22.5. The van der Waals surface area contributed by atoms with Crippen molar-refractivity contribution in [1.82, 2.24) is 0 Å². The number of hydrogen-bond acceptors (Lipinski definition) is 8. The molecule has 0 amide bonds. The number of aliphatic carboxylic acids is 1. The van der Waals surface area contributed by atoms with Crippen molar-refractivity contribution in [3.05, 3.63) is 207 Å².